The van der Waals surface area contributed by atoms with Gasteiger partial charge in [0.2, 0.25) is 5.91 Å². The molecule has 1 unspecified atom stereocenters. The van der Waals surface area contributed by atoms with Gasteiger partial charge >= 0.3 is 6.18 Å². The molecule has 132 valence electrons. The number of hydrogen-bond acceptors (Lipinski definition) is 3. The summed E-state index contributed by atoms with van der Waals surface area (Å²) in [5.74, 6) is -0.261. The van der Waals surface area contributed by atoms with Crippen LogP contribution in [0.3, 0.4) is 0 Å². The molecule has 3 rings (SSSR count). The number of rotatable bonds is 3. The van der Waals surface area contributed by atoms with Gasteiger partial charge in [-0.05, 0) is 56.0 Å². The van der Waals surface area contributed by atoms with Gasteiger partial charge in [-0.2, -0.15) is 13.2 Å². The van der Waals surface area contributed by atoms with Crippen molar-refractivity contribution in [1.82, 2.24) is 5.32 Å². The van der Waals surface area contributed by atoms with Crippen LogP contribution in [-0.2, 0) is 11.0 Å². The van der Waals surface area contributed by atoms with E-state index in [1.54, 1.807) is 19.0 Å². The van der Waals surface area contributed by atoms with Crippen molar-refractivity contribution in [1.29, 1.82) is 0 Å². The first-order valence-electron chi connectivity index (χ1n) is 8.13. The Morgan fingerprint density at radius 3 is 2.54 bits per heavy atom. The maximum Gasteiger partial charge on any atom is 0.416 e. The number of piperidine rings is 1. The average molecular weight is 341 g/mol. The molecule has 1 saturated heterocycles. The number of carbonyl (C=O) groups is 1. The fourth-order valence-electron chi connectivity index (χ4n) is 3.62. The molecule has 0 aromatic heterocycles. The second-order valence-electron chi connectivity index (χ2n) is 6.98. The highest BCUT2D eigenvalue weighted by Gasteiger charge is 2.57. The van der Waals surface area contributed by atoms with Crippen molar-refractivity contribution in [3.8, 4) is 0 Å². The molecule has 0 bridgehead atoms. The lowest BCUT2D eigenvalue weighted by molar-refractivity contribution is -0.137. The van der Waals surface area contributed by atoms with Crippen LogP contribution < -0.4 is 15.5 Å². The number of carbonyl (C=O) groups excluding carboxylic acids is 1. The summed E-state index contributed by atoms with van der Waals surface area (Å²) in [5.41, 5.74) is 0.0814. The fourth-order valence-corrected chi connectivity index (χ4v) is 3.62. The van der Waals surface area contributed by atoms with Gasteiger partial charge in [0.25, 0.3) is 0 Å². The highest BCUT2D eigenvalue weighted by molar-refractivity contribution is 5.98. The Labute approximate surface area is 139 Å². The molecular weight excluding hydrogens is 319 g/mol. The highest BCUT2D eigenvalue weighted by atomic mass is 19.4. The zero-order chi connectivity index (χ0) is 17.5. The van der Waals surface area contributed by atoms with Gasteiger partial charge in [-0.15, -0.1) is 0 Å². The summed E-state index contributed by atoms with van der Waals surface area (Å²) in [4.78, 5) is 14.3. The number of nitrogens with one attached hydrogen (secondary N) is 2. The Hall–Kier alpha value is -1.76. The van der Waals surface area contributed by atoms with Crippen LogP contribution in [0.4, 0.5) is 24.5 Å². The molecule has 2 aliphatic rings. The average Bonchev–Trinajstić information content (AvgIpc) is 3.20. The topological polar surface area (TPSA) is 44.4 Å². The Morgan fingerprint density at radius 2 is 1.96 bits per heavy atom. The van der Waals surface area contributed by atoms with Crippen molar-refractivity contribution in [2.45, 2.75) is 25.4 Å². The maximum atomic E-state index is 13.0. The smallest absolute Gasteiger partial charge is 0.376 e. The quantitative estimate of drug-likeness (QED) is 0.888. The largest absolute Gasteiger partial charge is 0.416 e. The molecule has 1 aliphatic carbocycles. The summed E-state index contributed by atoms with van der Waals surface area (Å²) in [6.07, 6.45) is -1.70. The van der Waals surface area contributed by atoms with Crippen molar-refractivity contribution < 1.29 is 18.0 Å². The van der Waals surface area contributed by atoms with Crippen LogP contribution >= 0.6 is 0 Å². The Morgan fingerprint density at radius 1 is 1.29 bits per heavy atom. The zero-order valence-electron chi connectivity index (χ0n) is 13.8. The summed E-state index contributed by atoms with van der Waals surface area (Å²) in [5, 5.41) is 6.01. The minimum Gasteiger partial charge on any atom is -0.376 e. The maximum absolute atomic E-state index is 13.0. The van der Waals surface area contributed by atoms with Crippen LogP contribution in [0, 0.1) is 11.3 Å². The van der Waals surface area contributed by atoms with Gasteiger partial charge in [-0.25, -0.2) is 0 Å². The molecule has 1 heterocycles. The Bertz CT molecular complexity index is 636. The summed E-state index contributed by atoms with van der Waals surface area (Å²) in [6.45, 7) is 1.80. The van der Waals surface area contributed by atoms with Crippen LogP contribution in [0.15, 0.2) is 18.2 Å². The normalized spacial score (nSPS) is 22.3. The van der Waals surface area contributed by atoms with E-state index in [2.05, 4.69) is 10.6 Å². The van der Waals surface area contributed by atoms with Crippen molar-refractivity contribution in [2.75, 3.05) is 37.4 Å². The predicted molar refractivity (Wildman–Crippen MR) is 87.0 cm³/mol. The van der Waals surface area contributed by atoms with E-state index in [4.69, 9.17) is 0 Å². The van der Waals surface area contributed by atoms with E-state index < -0.39 is 11.7 Å². The third kappa shape index (κ3) is 3.22. The van der Waals surface area contributed by atoms with Crippen molar-refractivity contribution in [3.63, 3.8) is 0 Å². The molecule has 4 nitrogen and oxygen atoms in total. The van der Waals surface area contributed by atoms with Gasteiger partial charge < -0.3 is 15.5 Å². The molecule has 2 fully saturated rings. The van der Waals surface area contributed by atoms with Gasteiger partial charge in [0.05, 0.1) is 16.9 Å². The van der Waals surface area contributed by atoms with E-state index in [1.807, 2.05) is 0 Å². The molecule has 1 aliphatic heterocycles. The zero-order valence-corrected chi connectivity index (χ0v) is 13.8. The van der Waals surface area contributed by atoms with E-state index in [0.29, 0.717) is 5.69 Å². The molecule has 1 atom stereocenters. The van der Waals surface area contributed by atoms with E-state index in [0.717, 1.165) is 44.5 Å². The molecule has 1 spiro atoms. The van der Waals surface area contributed by atoms with E-state index in [1.165, 1.54) is 6.07 Å². The lowest BCUT2D eigenvalue weighted by atomic mass is 9.91. The molecular formula is C17H22F3N3O. The SMILES string of the molecule is CN(C)c1ccc(C(F)(F)F)cc1NC(=O)C1CC12CCNCC2. The minimum absolute atomic E-state index is 0.0508. The lowest BCUT2D eigenvalue weighted by Crippen LogP contribution is -2.31. The number of nitrogens with zero attached hydrogens (tertiary/aromatic N) is 1. The summed E-state index contributed by atoms with van der Waals surface area (Å²) >= 11 is 0. The molecule has 1 aromatic rings. The van der Waals surface area contributed by atoms with Crippen molar-refractivity contribution in [2.24, 2.45) is 11.3 Å². The van der Waals surface area contributed by atoms with Crippen molar-refractivity contribution >= 4 is 17.3 Å². The van der Waals surface area contributed by atoms with Crippen molar-refractivity contribution in [3.05, 3.63) is 23.8 Å². The van der Waals surface area contributed by atoms with E-state index in [9.17, 15) is 18.0 Å². The first-order chi connectivity index (χ1) is 11.2. The first-order valence-corrected chi connectivity index (χ1v) is 8.13. The summed E-state index contributed by atoms with van der Waals surface area (Å²) in [7, 11) is 3.48. The van der Waals surface area contributed by atoms with Gasteiger partial charge in [-0.3, -0.25) is 4.79 Å². The van der Waals surface area contributed by atoms with Gasteiger partial charge in [-0.1, -0.05) is 0 Å². The number of amides is 1. The second-order valence-corrected chi connectivity index (χ2v) is 6.98. The fraction of sp³-hybridized carbons (Fsp3) is 0.588. The summed E-state index contributed by atoms with van der Waals surface area (Å²) in [6, 6.07) is 3.45. The van der Waals surface area contributed by atoms with Gasteiger partial charge in [0.1, 0.15) is 0 Å². The molecule has 1 amide bonds. The lowest BCUT2D eigenvalue weighted by Gasteiger charge is -2.24. The molecule has 24 heavy (non-hydrogen) atoms. The monoisotopic (exact) mass is 341 g/mol. The van der Waals surface area contributed by atoms with Crippen LogP contribution in [0.1, 0.15) is 24.8 Å². The number of benzene rings is 1. The predicted octanol–water partition coefficient (Wildman–Crippen LogP) is 3.10. The molecule has 7 heteroatoms. The van der Waals surface area contributed by atoms with Crippen LogP contribution in [0.25, 0.3) is 0 Å². The van der Waals surface area contributed by atoms with Crippen LogP contribution in [0.5, 0.6) is 0 Å². The molecule has 2 N–H and O–H groups in total. The van der Waals surface area contributed by atoms with Gasteiger partial charge in [0.15, 0.2) is 0 Å². The first kappa shape index (κ1) is 17.1. The van der Waals surface area contributed by atoms with Crippen LogP contribution in [-0.4, -0.2) is 33.1 Å². The third-order valence-corrected chi connectivity index (χ3v) is 5.17. The Balaban J connectivity index is 1.79. The number of anilines is 2. The minimum atomic E-state index is -4.43. The number of alkyl halides is 3. The molecule has 0 radical (unpaired) electrons. The standard InChI is InChI=1S/C17H22F3N3O/c1-23(2)14-4-3-11(17(18,19)20)9-13(14)22-15(24)12-10-16(12)5-7-21-8-6-16/h3-4,9,12,21H,5-8,10H2,1-2H3,(H,22,24). The third-order valence-electron chi connectivity index (χ3n) is 5.17. The highest BCUT2D eigenvalue weighted by Crippen LogP contribution is 2.59. The summed E-state index contributed by atoms with van der Waals surface area (Å²) < 4.78 is 38.9. The second kappa shape index (κ2) is 5.95. The van der Waals surface area contributed by atoms with Gasteiger partial charge in [0, 0.05) is 20.0 Å². The number of hydrogen-bond donors (Lipinski definition) is 2. The number of halogens is 3. The van der Waals surface area contributed by atoms with E-state index >= 15 is 0 Å². The molecule has 1 saturated carbocycles. The Kier molecular flexibility index (Phi) is 4.23. The molecule has 1 aromatic carbocycles. The van der Waals surface area contributed by atoms with Crippen LogP contribution in [0.2, 0.25) is 0 Å². The van der Waals surface area contributed by atoms with E-state index in [-0.39, 0.29) is 22.9 Å².